The SMILES string of the molecule is CCCCCCCNCCN1CCCCCC1. The third-order valence-corrected chi connectivity index (χ3v) is 3.76. The van der Waals surface area contributed by atoms with E-state index in [2.05, 4.69) is 17.1 Å². The predicted octanol–water partition coefficient (Wildman–Crippen LogP) is 3.42. The van der Waals surface area contributed by atoms with Crippen LogP contribution in [0.1, 0.15) is 64.7 Å². The summed E-state index contributed by atoms with van der Waals surface area (Å²) in [5, 5.41) is 3.59. The first kappa shape index (κ1) is 15.0. The Morgan fingerprint density at radius 2 is 1.53 bits per heavy atom. The number of hydrogen-bond acceptors (Lipinski definition) is 2. The summed E-state index contributed by atoms with van der Waals surface area (Å²) in [5.41, 5.74) is 0. The minimum Gasteiger partial charge on any atom is -0.315 e. The van der Waals surface area contributed by atoms with Gasteiger partial charge in [-0.15, -0.1) is 0 Å². The van der Waals surface area contributed by atoms with Gasteiger partial charge in [0.25, 0.3) is 0 Å². The third kappa shape index (κ3) is 8.62. The van der Waals surface area contributed by atoms with Crippen LogP contribution in [0.25, 0.3) is 0 Å². The summed E-state index contributed by atoms with van der Waals surface area (Å²) in [6.07, 6.45) is 12.7. The van der Waals surface area contributed by atoms with E-state index in [1.165, 1.54) is 90.5 Å². The maximum atomic E-state index is 3.59. The second kappa shape index (κ2) is 11.0. The first-order valence-corrected chi connectivity index (χ1v) is 7.86. The van der Waals surface area contributed by atoms with Crippen molar-refractivity contribution in [3.63, 3.8) is 0 Å². The zero-order valence-corrected chi connectivity index (χ0v) is 11.8. The van der Waals surface area contributed by atoms with Gasteiger partial charge in [0.05, 0.1) is 0 Å². The molecule has 102 valence electrons. The second-order valence-electron chi connectivity index (χ2n) is 5.42. The fourth-order valence-electron chi connectivity index (χ4n) is 2.58. The molecule has 2 nitrogen and oxygen atoms in total. The van der Waals surface area contributed by atoms with E-state index in [0.717, 1.165) is 0 Å². The van der Waals surface area contributed by atoms with Gasteiger partial charge >= 0.3 is 0 Å². The molecule has 0 aromatic rings. The summed E-state index contributed by atoms with van der Waals surface area (Å²) in [4.78, 5) is 2.64. The molecule has 0 saturated carbocycles. The normalized spacial score (nSPS) is 18.2. The Morgan fingerprint density at radius 1 is 0.824 bits per heavy atom. The van der Waals surface area contributed by atoms with Crippen LogP contribution in [0.4, 0.5) is 0 Å². The minimum atomic E-state index is 1.19. The lowest BCUT2D eigenvalue weighted by atomic mass is 10.1. The predicted molar refractivity (Wildman–Crippen MR) is 76.5 cm³/mol. The Kier molecular flexibility index (Phi) is 9.72. The molecule has 0 aliphatic carbocycles. The van der Waals surface area contributed by atoms with Gasteiger partial charge in [-0.1, -0.05) is 45.4 Å². The molecule has 1 rings (SSSR count). The van der Waals surface area contributed by atoms with Gasteiger partial charge in [-0.3, -0.25) is 0 Å². The van der Waals surface area contributed by atoms with E-state index in [1.54, 1.807) is 0 Å². The van der Waals surface area contributed by atoms with Crippen LogP contribution in [0.15, 0.2) is 0 Å². The first-order chi connectivity index (χ1) is 8.43. The van der Waals surface area contributed by atoms with E-state index in [0.29, 0.717) is 0 Å². The smallest absolute Gasteiger partial charge is 0.0107 e. The lowest BCUT2D eigenvalue weighted by molar-refractivity contribution is 0.284. The van der Waals surface area contributed by atoms with E-state index in [4.69, 9.17) is 0 Å². The van der Waals surface area contributed by atoms with Gasteiger partial charge < -0.3 is 10.2 Å². The first-order valence-electron chi connectivity index (χ1n) is 7.86. The van der Waals surface area contributed by atoms with Crippen LogP contribution in [0, 0.1) is 0 Å². The van der Waals surface area contributed by atoms with E-state index >= 15 is 0 Å². The molecule has 0 aromatic carbocycles. The Hall–Kier alpha value is -0.0800. The zero-order valence-electron chi connectivity index (χ0n) is 11.8. The summed E-state index contributed by atoms with van der Waals surface area (Å²) in [7, 11) is 0. The molecule has 17 heavy (non-hydrogen) atoms. The summed E-state index contributed by atoms with van der Waals surface area (Å²) in [5.74, 6) is 0. The highest BCUT2D eigenvalue weighted by Gasteiger charge is 2.07. The average Bonchev–Trinajstić information content (AvgIpc) is 2.61. The molecule has 0 amide bonds. The minimum absolute atomic E-state index is 1.19. The molecule has 1 aliphatic rings. The van der Waals surface area contributed by atoms with Crippen molar-refractivity contribution >= 4 is 0 Å². The van der Waals surface area contributed by atoms with Crippen molar-refractivity contribution in [1.29, 1.82) is 0 Å². The van der Waals surface area contributed by atoms with Crippen molar-refractivity contribution in [2.24, 2.45) is 0 Å². The molecule has 1 heterocycles. The lowest BCUT2D eigenvalue weighted by Gasteiger charge is -2.19. The van der Waals surface area contributed by atoms with Crippen LogP contribution in [-0.4, -0.2) is 37.6 Å². The fourth-order valence-corrected chi connectivity index (χ4v) is 2.58. The summed E-state index contributed by atoms with van der Waals surface area (Å²) < 4.78 is 0. The van der Waals surface area contributed by atoms with Crippen LogP contribution in [0.2, 0.25) is 0 Å². The molecule has 0 radical (unpaired) electrons. The second-order valence-corrected chi connectivity index (χ2v) is 5.42. The van der Waals surface area contributed by atoms with Gasteiger partial charge in [-0.05, 0) is 38.9 Å². The van der Waals surface area contributed by atoms with E-state index in [-0.39, 0.29) is 0 Å². The maximum Gasteiger partial charge on any atom is 0.0107 e. The molecule has 0 atom stereocenters. The monoisotopic (exact) mass is 240 g/mol. The topological polar surface area (TPSA) is 15.3 Å². The van der Waals surface area contributed by atoms with Crippen LogP contribution < -0.4 is 5.32 Å². The molecule has 0 spiro atoms. The van der Waals surface area contributed by atoms with Crippen molar-refractivity contribution < 1.29 is 0 Å². The fraction of sp³-hybridized carbons (Fsp3) is 1.00. The van der Waals surface area contributed by atoms with Crippen LogP contribution in [0.3, 0.4) is 0 Å². The molecule has 0 unspecified atom stereocenters. The Balaban J connectivity index is 1.82. The van der Waals surface area contributed by atoms with Crippen LogP contribution >= 0.6 is 0 Å². The summed E-state index contributed by atoms with van der Waals surface area (Å²) in [6.45, 7) is 8.61. The molecule has 1 N–H and O–H groups in total. The Bertz CT molecular complexity index is 151. The molecule has 0 bridgehead atoms. The Morgan fingerprint density at radius 3 is 2.24 bits per heavy atom. The van der Waals surface area contributed by atoms with E-state index in [9.17, 15) is 0 Å². The number of nitrogens with zero attached hydrogens (tertiary/aromatic N) is 1. The largest absolute Gasteiger partial charge is 0.315 e. The highest BCUT2D eigenvalue weighted by atomic mass is 15.1. The van der Waals surface area contributed by atoms with Crippen LogP contribution in [-0.2, 0) is 0 Å². The lowest BCUT2D eigenvalue weighted by Crippen LogP contribution is -2.33. The van der Waals surface area contributed by atoms with Crippen molar-refractivity contribution in [1.82, 2.24) is 10.2 Å². The van der Waals surface area contributed by atoms with Gasteiger partial charge in [-0.2, -0.15) is 0 Å². The molecule has 1 aliphatic heterocycles. The number of hydrogen-bond donors (Lipinski definition) is 1. The van der Waals surface area contributed by atoms with E-state index < -0.39 is 0 Å². The number of unbranched alkanes of at least 4 members (excludes halogenated alkanes) is 4. The molecular weight excluding hydrogens is 208 g/mol. The average molecular weight is 240 g/mol. The van der Waals surface area contributed by atoms with Crippen molar-refractivity contribution in [3.8, 4) is 0 Å². The standard InChI is InChI=1S/C15H32N2/c1-2-3-4-5-8-11-16-12-15-17-13-9-6-7-10-14-17/h16H,2-15H2,1H3. The highest BCUT2D eigenvalue weighted by molar-refractivity contribution is 4.64. The summed E-state index contributed by atoms with van der Waals surface area (Å²) in [6, 6.07) is 0. The number of rotatable bonds is 9. The van der Waals surface area contributed by atoms with Crippen LogP contribution in [0.5, 0.6) is 0 Å². The van der Waals surface area contributed by atoms with Gasteiger partial charge in [-0.25, -0.2) is 0 Å². The molecule has 1 fully saturated rings. The van der Waals surface area contributed by atoms with E-state index in [1.807, 2.05) is 0 Å². The van der Waals surface area contributed by atoms with Gasteiger partial charge in [0.15, 0.2) is 0 Å². The zero-order chi connectivity index (χ0) is 12.2. The van der Waals surface area contributed by atoms with Gasteiger partial charge in [0.2, 0.25) is 0 Å². The van der Waals surface area contributed by atoms with Gasteiger partial charge in [0.1, 0.15) is 0 Å². The number of nitrogens with one attached hydrogen (secondary N) is 1. The van der Waals surface area contributed by atoms with Crippen molar-refractivity contribution in [3.05, 3.63) is 0 Å². The summed E-state index contributed by atoms with van der Waals surface area (Å²) >= 11 is 0. The molecule has 1 saturated heterocycles. The van der Waals surface area contributed by atoms with Crippen molar-refractivity contribution in [2.45, 2.75) is 64.7 Å². The maximum absolute atomic E-state index is 3.59. The number of likely N-dealkylation sites (tertiary alicyclic amines) is 1. The quantitative estimate of drug-likeness (QED) is 0.621. The molecule has 2 heteroatoms. The van der Waals surface area contributed by atoms with Crippen molar-refractivity contribution in [2.75, 3.05) is 32.7 Å². The molecule has 0 aromatic heterocycles. The molecular formula is C15H32N2. The third-order valence-electron chi connectivity index (χ3n) is 3.76. The highest BCUT2D eigenvalue weighted by Crippen LogP contribution is 2.08. The Labute approximate surface area is 108 Å². The van der Waals surface area contributed by atoms with Gasteiger partial charge in [0, 0.05) is 13.1 Å².